The number of hydrogen-bond acceptors (Lipinski definition) is 16. The number of nitrogens with zero attached hydrogens (tertiary/aromatic N) is 2. The van der Waals surface area contributed by atoms with Crippen molar-refractivity contribution in [3.63, 3.8) is 0 Å². The smallest absolute Gasteiger partial charge is 0.245 e. The van der Waals surface area contributed by atoms with Crippen molar-refractivity contribution in [3.05, 3.63) is 35.9 Å². The van der Waals surface area contributed by atoms with E-state index in [2.05, 4.69) is 58.5 Å². The largest absolute Gasteiger partial charge is 0.394 e. The van der Waals surface area contributed by atoms with Gasteiger partial charge in [0.2, 0.25) is 70.9 Å². The molecule has 1 aromatic carbocycles. The molecule has 2 heterocycles. The lowest BCUT2D eigenvalue weighted by atomic mass is 9.96. The Labute approximate surface area is 572 Å². The Hall–Kier alpha value is -7.99. The first-order valence-electron chi connectivity index (χ1n) is 34.4. The van der Waals surface area contributed by atoms with Gasteiger partial charge >= 0.3 is 0 Å². The number of likely N-dealkylation sites (tertiary alicyclic amines) is 1. The third-order valence-electron chi connectivity index (χ3n) is 17.0. The van der Waals surface area contributed by atoms with E-state index in [0.717, 1.165) is 5.56 Å². The molecule has 12 amide bonds. The maximum absolute atomic E-state index is 14.5. The van der Waals surface area contributed by atoms with Crippen LogP contribution in [0.2, 0.25) is 0 Å². The van der Waals surface area contributed by atoms with Crippen molar-refractivity contribution < 1.29 is 62.6 Å². The molecule has 0 radical (unpaired) electrons. The first-order valence-corrected chi connectivity index (χ1v) is 34.4. The minimum atomic E-state index is -1.48. The summed E-state index contributed by atoms with van der Waals surface area (Å²) in [7, 11) is 0. The van der Waals surface area contributed by atoms with Gasteiger partial charge in [0.05, 0.1) is 31.8 Å². The number of nitrogens with two attached hydrogens (primary N) is 3. The van der Waals surface area contributed by atoms with Crippen molar-refractivity contribution >= 4 is 76.8 Å². The van der Waals surface area contributed by atoms with E-state index in [9.17, 15) is 62.6 Å². The van der Waals surface area contributed by atoms with Crippen LogP contribution < -0.4 is 75.7 Å². The highest BCUT2D eigenvalue weighted by atomic mass is 16.3. The Morgan fingerprint density at radius 3 is 1.87 bits per heavy atom. The molecule has 12 atom stereocenters. The summed E-state index contributed by atoms with van der Waals surface area (Å²) in [4.78, 5) is 170. The van der Waals surface area contributed by atoms with Crippen molar-refractivity contribution in [2.75, 3.05) is 45.9 Å². The van der Waals surface area contributed by atoms with Gasteiger partial charge < -0.3 is 90.6 Å². The minimum Gasteiger partial charge on any atom is -0.394 e. The van der Waals surface area contributed by atoms with Crippen molar-refractivity contribution in [1.82, 2.24) is 68.3 Å². The molecule has 2 fully saturated rings. The van der Waals surface area contributed by atoms with E-state index < -0.39 is 163 Å². The maximum atomic E-state index is 14.5. The van der Waals surface area contributed by atoms with E-state index in [1.165, 1.54) is 9.80 Å². The van der Waals surface area contributed by atoms with Crippen LogP contribution in [0.4, 0.5) is 0 Å². The summed E-state index contributed by atoms with van der Waals surface area (Å²) in [6.45, 7) is 19.9. The molecule has 1 aromatic rings. The molecule has 0 spiro atoms. The average molecular weight is 1370 g/mol. The number of carbonyl (C=O) groups excluding carboxylic acids is 12. The number of rotatable bonds is 37. The molecule has 2 saturated heterocycles. The van der Waals surface area contributed by atoms with Gasteiger partial charge in [-0.1, -0.05) is 120 Å². The highest BCUT2D eigenvalue weighted by Gasteiger charge is 2.41. The predicted molar refractivity (Wildman–Crippen MR) is 366 cm³/mol. The molecule has 0 aliphatic carbocycles. The number of carbonyl (C=O) groups is 12. The molecule has 0 bridgehead atoms. The van der Waals surface area contributed by atoms with Crippen LogP contribution >= 0.6 is 0 Å². The van der Waals surface area contributed by atoms with Gasteiger partial charge in [-0.15, -0.1) is 0 Å². The molecule has 1 unspecified atom stereocenters. The van der Waals surface area contributed by atoms with Gasteiger partial charge in [0.25, 0.3) is 0 Å². The standard InChI is InChI=1S/C67H115N17O13/c1-13-42(12)56(82-62(93)49(29-39(6)7)79-63(94)52-22-18-25-84(52)66(97)50(30-40(8)9)80-58(89)45(68)32-43-19-15-14-16-20-43)65(96)74-34-54(86)77-46(21-17-24-72-67(70)71)59(90)73-33-44-23-26-83(53(31-41(10)11)64(95)78-47(57(69)88)27-37(2)3)55(87)35-75-60(91)51(36-85)81-61(92)48(76-44)28-38(4)5/h14-16,19-20,37-42,44-53,56,76,85H,13,17-18,21-36,68H2,1-12H3,(H2,69,88)(H,73,90)(H,74,96)(H,75,91)(H,77,86)(H,78,95)(H,79,94)(H,80,89)(H,81,92)(H,82,93)(H4,70,71,72)/t42-,44-,45-,46-,47-,48-,49-,50-,51-,52?,53-,56-/m0/s1. The number of aliphatic hydroxyl groups is 1. The van der Waals surface area contributed by atoms with Gasteiger partial charge in [0.1, 0.15) is 48.3 Å². The number of guanidine groups is 1. The molecule has 2 aliphatic heterocycles. The average Bonchev–Trinajstić information content (AvgIpc) is 1.74. The minimum absolute atomic E-state index is 0.0176. The third kappa shape index (κ3) is 29.3. The van der Waals surface area contributed by atoms with Crippen LogP contribution in [0.5, 0.6) is 0 Å². The molecule has 0 saturated carbocycles. The van der Waals surface area contributed by atoms with Crippen molar-refractivity contribution in [2.45, 2.75) is 227 Å². The number of benzene rings is 1. The second-order valence-corrected chi connectivity index (χ2v) is 27.9. The van der Waals surface area contributed by atoms with Crippen LogP contribution in [0.15, 0.2) is 30.3 Å². The Bertz CT molecular complexity index is 2790. The van der Waals surface area contributed by atoms with Crippen LogP contribution in [-0.2, 0) is 64.0 Å². The zero-order chi connectivity index (χ0) is 72.8. The van der Waals surface area contributed by atoms with E-state index in [4.69, 9.17) is 22.6 Å². The first-order chi connectivity index (χ1) is 45.6. The summed E-state index contributed by atoms with van der Waals surface area (Å²) in [6, 6.07) is -2.97. The molecule has 30 heteroatoms. The van der Waals surface area contributed by atoms with Gasteiger partial charge in [0, 0.05) is 32.2 Å². The summed E-state index contributed by atoms with van der Waals surface area (Å²) in [5.74, 6) is -9.52. The maximum Gasteiger partial charge on any atom is 0.245 e. The van der Waals surface area contributed by atoms with Crippen LogP contribution in [0, 0.1) is 40.9 Å². The Morgan fingerprint density at radius 2 is 1.28 bits per heavy atom. The highest BCUT2D eigenvalue weighted by molar-refractivity contribution is 5.98. The second kappa shape index (κ2) is 42.0. The van der Waals surface area contributed by atoms with Crippen molar-refractivity contribution in [1.29, 1.82) is 5.41 Å². The predicted octanol–water partition coefficient (Wildman–Crippen LogP) is -1.25. The topological polar surface area (TPSA) is 466 Å². The fraction of sp³-hybridized carbons (Fsp3) is 0.716. The fourth-order valence-corrected chi connectivity index (χ4v) is 11.7. The molecular weight excluding hydrogens is 1250 g/mol. The Balaban J connectivity index is 1.89. The molecule has 546 valence electrons. The SMILES string of the molecule is CC[C@H](C)[C@H](NC(=O)[C@H](CC(C)C)NC(=O)C1CCCN1C(=O)[C@H](CC(C)C)NC(=O)[C@@H](N)Cc1ccccc1)C(=O)NCC(=O)N[C@@H](CCCNC(=N)N)C(=O)NC[C@@H]1CCN([C@@H](CC(C)C)C(=O)N[C@@H](CC(C)C)C(N)=O)C(=O)CNC(=O)[C@H](CO)NC(=O)[C@H](CC(C)C)N1. The molecule has 30 nitrogen and oxygen atoms in total. The monoisotopic (exact) mass is 1370 g/mol. The lowest BCUT2D eigenvalue weighted by Gasteiger charge is -2.35. The Kier molecular flexibility index (Phi) is 36.0. The van der Waals surface area contributed by atoms with E-state index in [0.29, 0.717) is 19.3 Å². The second-order valence-electron chi connectivity index (χ2n) is 27.9. The number of primary amides is 1. The van der Waals surface area contributed by atoms with E-state index in [1.807, 2.05) is 99.6 Å². The molecule has 2 aliphatic rings. The zero-order valence-corrected chi connectivity index (χ0v) is 59.1. The molecule has 0 aromatic heterocycles. The lowest BCUT2D eigenvalue weighted by Crippen LogP contribution is -2.60. The molecular formula is C67H115N17O13. The van der Waals surface area contributed by atoms with E-state index in [-0.39, 0.29) is 120 Å². The van der Waals surface area contributed by atoms with Gasteiger partial charge in [-0.25, -0.2) is 0 Å². The molecule has 19 N–H and O–H groups in total. The van der Waals surface area contributed by atoms with Gasteiger partial charge in [0.15, 0.2) is 5.96 Å². The zero-order valence-electron chi connectivity index (χ0n) is 59.1. The fourth-order valence-electron chi connectivity index (χ4n) is 11.7. The van der Waals surface area contributed by atoms with Crippen LogP contribution in [0.1, 0.15) is 159 Å². The van der Waals surface area contributed by atoms with Crippen LogP contribution in [-0.4, -0.2) is 204 Å². The van der Waals surface area contributed by atoms with Crippen LogP contribution in [0.25, 0.3) is 0 Å². The summed E-state index contributed by atoms with van der Waals surface area (Å²) in [6.07, 6.45) is 2.51. The third-order valence-corrected chi connectivity index (χ3v) is 17.0. The highest BCUT2D eigenvalue weighted by Crippen LogP contribution is 2.23. The molecule has 3 rings (SSSR count). The van der Waals surface area contributed by atoms with E-state index in [1.54, 1.807) is 13.8 Å². The molecule has 97 heavy (non-hydrogen) atoms. The number of hydrogen-bond donors (Lipinski definition) is 16. The first kappa shape index (κ1) is 83.2. The number of aliphatic hydroxyl groups excluding tert-OH is 1. The van der Waals surface area contributed by atoms with Crippen molar-refractivity contribution in [3.8, 4) is 0 Å². The van der Waals surface area contributed by atoms with E-state index >= 15 is 0 Å². The summed E-state index contributed by atoms with van der Waals surface area (Å²) in [5, 5.41) is 48.3. The van der Waals surface area contributed by atoms with Crippen molar-refractivity contribution in [2.24, 2.45) is 52.7 Å². The summed E-state index contributed by atoms with van der Waals surface area (Å²) < 4.78 is 0. The van der Waals surface area contributed by atoms with Gasteiger partial charge in [-0.3, -0.25) is 62.9 Å². The normalized spacial score (nSPS) is 19.7. The quantitative estimate of drug-likeness (QED) is 0.0210. The van der Waals surface area contributed by atoms with Gasteiger partial charge in [-0.2, -0.15) is 0 Å². The number of nitrogens with one attached hydrogen (secondary N) is 12. The lowest BCUT2D eigenvalue weighted by molar-refractivity contribution is -0.142. The summed E-state index contributed by atoms with van der Waals surface area (Å²) in [5.41, 5.74) is 18.4. The van der Waals surface area contributed by atoms with Crippen LogP contribution in [0.3, 0.4) is 0 Å². The van der Waals surface area contributed by atoms with Gasteiger partial charge in [-0.05, 0) is 112 Å². The summed E-state index contributed by atoms with van der Waals surface area (Å²) >= 11 is 0. The number of amides is 12. The Morgan fingerprint density at radius 1 is 0.660 bits per heavy atom.